The van der Waals surface area contributed by atoms with Crippen LogP contribution < -0.4 is 20.9 Å². The van der Waals surface area contributed by atoms with Gasteiger partial charge in [0.15, 0.2) is 0 Å². The van der Waals surface area contributed by atoms with Gasteiger partial charge in [0.2, 0.25) is 5.91 Å². The first kappa shape index (κ1) is 25.4. The number of hydrogen-bond donors (Lipinski definition) is 2. The summed E-state index contributed by atoms with van der Waals surface area (Å²) in [6.07, 6.45) is 4.04. The number of fused-ring (bicyclic) bond motifs is 2. The summed E-state index contributed by atoms with van der Waals surface area (Å²) in [6, 6.07) is 14.8. The summed E-state index contributed by atoms with van der Waals surface area (Å²) in [5.41, 5.74) is 12.2. The Balaban J connectivity index is 1.34. The van der Waals surface area contributed by atoms with E-state index < -0.39 is 0 Å². The molecular formula is C31H36N6O2. The van der Waals surface area contributed by atoms with Gasteiger partial charge in [-0.15, -0.1) is 0 Å². The van der Waals surface area contributed by atoms with Crippen molar-refractivity contribution in [1.82, 2.24) is 15.2 Å². The molecule has 2 amide bonds. The summed E-state index contributed by atoms with van der Waals surface area (Å²) < 4.78 is 0. The molecule has 3 N–H and O–H groups in total. The van der Waals surface area contributed by atoms with Crippen molar-refractivity contribution in [3.63, 3.8) is 0 Å². The molecule has 3 aromatic rings. The van der Waals surface area contributed by atoms with Crippen molar-refractivity contribution >= 4 is 34.0 Å². The minimum absolute atomic E-state index is 0.00222. The standard InChI is InChI=1S/C31H36N6O2/c1-3-29(38)36-16-14-35(15-17-36)28-18-25(31(39)34-24-11-10-23(24)32)33-26-19-37(13-12-22(26)28)27-9-5-8-21-7-4-6-20(2)30(21)27/h3-9,18,23-24H,1,10-17,19,32H2,2H3,(H,34,39)/t23-,24-/m0/s1. The fraction of sp³-hybridized carbons (Fsp3) is 0.387. The highest BCUT2D eigenvalue weighted by Gasteiger charge is 2.32. The van der Waals surface area contributed by atoms with Gasteiger partial charge >= 0.3 is 0 Å². The maximum atomic E-state index is 13.3. The quantitative estimate of drug-likeness (QED) is 0.498. The fourth-order valence-electron chi connectivity index (χ4n) is 6.14. The minimum atomic E-state index is -0.169. The van der Waals surface area contributed by atoms with Crippen molar-refractivity contribution in [3.05, 3.63) is 77.6 Å². The number of nitrogens with two attached hydrogens (primary N) is 1. The molecule has 1 saturated carbocycles. The zero-order valence-electron chi connectivity index (χ0n) is 22.5. The van der Waals surface area contributed by atoms with Crippen molar-refractivity contribution in [2.45, 2.75) is 44.8 Å². The van der Waals surface area contributed by atoms with Gasteiger partial charge in [0.05, 0.1) is 12.2 Å². The van der Waals surface area contributed by atoms with Gasteiger partial charge in [-0.25, -0.2) is 4.98 Å². The lowest BCUT2D eigenvalue weighted by Crippen LogP contribution is -2.54. The molecule has 39 heavy (non-hydrogen) atoms. The van der Waals surface area contributed by atoms with Crippen LogP contribution in [0.15, 0.2) is 55.1 Å². The summed E-state index contributed by atoms with van der Waals surface area (Å²) in [5.74, 6) is -0.206. The Morgan fingerprint density at radius 3 is 2.49 bits per heavy atom. The Hall–Kier alpha value is -3.91. The number of carbonyl (C=O) groups is 2. The van der Waals surface area contributed by atoms with Gasteiger partial charge in [-0.3, -0.25) is 9.59 Å². The third-order valence-corrected chi connectivity index (χ3v) is 8.57. The molecule has 8 nitrogen and oxygen atoms in total. The van der Waals surface area contributed by atoms with Crippen molar-refractivity contribution in [2.24, 2.45) is 5.73 Å². The molecule has 2 fully saturated rings. The predicted molar refractivity (Wildman–Crippen MR) is 155 cm³/mol. The molecule has 2 atom stereocenters. The molecule has 0 unspecified atom stereocenters. The molecule has 1 aliphatic carbocycles. The van der Waals surface area contributed by atoms with E-state index >= 15 is 0 Å². The Morgan fingerprint density at radius 2 is 1.79 bits per heavy atom. The number of piperazine rings is 1. The number of aryl methyl sites for hydroxylation is 1. The van der Waals surface area contributed by atoms with Gasteiger partial charge in [0, 0.05) is 67.1 Å². The van der Waals surface area contributed by atoms with Gasteiger partial charge in [-0.2, -0.15) is 0 Å². The first-order chi connectivity index (χ1) is 18.9. The molecule has 8 heteroatoms. The Bertz CT molecular complexity index is 1440. The number of benzene rings is 2. The molecule has 2 aliphatic heterocycles. The van der Waals surface area contributed by atoms with Gasteiger partial charge < -0.3 is 25.8 Å². The molecule has 1 aromatic heterocycles. The van der Waals surface area contributed by atoms with E-state index in [4.69, 9.17) is 10.7 Å². The van der Waals surface area contributed by atoms with Gasteiger partial charge in [-0.05, 0) is 55.3 Å². The number of carbonyl (C=O) groups excluding carboxylic acids is 2. The molecule has 0 radical (unpaired) electrons. The van der Waals surface area contributed by atoms with E-state index in [1.54, 1.807) is 0 Å². The number of anilines is 2. The summed E-state index contributed by atoms with van der Waals surface area (Å²) in [4.78, 5) is 36.9. The number of nitrogens with one attached hydrogen (secondary N) is 1. The second-order valence-electron chi connectivity index (χ2n) is 10.9. The average molecular weight is 525 g/mol. The molecular weight excluding hydrogens is 488 g/mol. The fourth-order valence-corrected chi connectivity index (χ4v) is 6.14. The van der Waals surface area contributed by atoms with E-state index in [9.17, 15) is 9.59 Å². The Kier molecular flexibility index (Phi) is 6.73. The average Bonchev–Trinajstić information content (AvgIpc) is 2.97. The number of nitrogens with zero attached hydrogens (tertiary/aromatic N) is 4. The number of aromatic nitrogens is 1. The highest BCUT2D eigenvalue weighted by molar-refractivity contribution is 5.97. The molecule has 3 aliphatic rings. The number of rotatable bonds is 5. The monoisotopic (exact) mass is 524 g/mol. The lowest BCUT2D eigenvalue weighted by Gasteiger charge is -2.39. The van der Waals surface area contributed by atoms with E-state index in [1.165, 1.54) is 33.7 Å². The van der Waals surface area contributed by atoms with Crippen LogP contribution in [0.3, 0.4) is 0 Å². The predicted octanol–water partition coefficient (Wildman–Crippen LogP) is 3.16. The zero-order chi connectivity index (χ0) is 27.1. The first-order valence-electron chi connectivity index (χ1n) is 13.9. The summed E-state index contributed by atoms with van der Waals surface area (Å²) in [7, 11) is 0. The van der Waals surface area contributed by atoms with Gasteiger partial charge in [0.25, 0.3) is 5.91 Å². The minimum Gasteiger partial charge on any atom is -0.368 e. The van der Waals surface area contributed by atoms with E-state index in [1.807, 2.05) is 11.0 Å². The Labute approximate surface area is 229 Å². The third-order valence-electron chi connectivity index (χ3n) is 8.57. The van der Waals surface area contributed by atoms with Crippen LogP contribution in [-0.2, 0) is 17.8 Å². The highest BCUT2D eigenvalue weighted by atomic mass is 16.2. The van der Waals surface area contributed by atoms with Crippen LogP contribution >= 0.6 is 0 Å². The molecule has 1 saturated heterocycles. The molecule has 2 aromatic carbocycles. The Morgan fingerprint density at radius 1 is 1.03 bits per heavy atom. The zero-order valence-corrected chi connectivity index (χ0v) is 22.5. The SMILES string of the molecule is C=CC(=O)N1CCN(c2cc(C(=O)N[C@H]3CC[C@@H]3N)nc3c2CCN(c2cccc4cccc(C)c24)C3)CC1. The second-order valence-corrected chi connectivity index (χ2v) is 10.9. The van der Waals surface area contributed by atoms with Gasteiger partial charge in [0.1, 0.15) is 5.69 Å². The van der Waals surface area contributed by atoms with Crippen LogP contribution in [0.25, 0.3) is 10.8 Å². The van der Waals surface area contributed by atoms with Crippen LogP contribution in [0.5, 0.6) is 0 Å². The van der Waals surface area contributed by atoms with E-state index in [-0.39, 0.29) is 23.9 Å². The second kappa shape index (κ2) is 10.3. The van der Waals surface area contributed by atoms with Crippen LogP contribution in [0.4, 0.5) is 11.4 Å². The first-order valence-corrected chi connectivity index (χ1v) is 13.9. The number of amides is 2. The van der Waals surface area contributed by atoms with Crippen LogP contribution in [0.1, 0.15) is 40.2 Å². The third kappa shape index (κ3) is 4.74. The van der Waals surface area contributed by atoms with E-state index in [0.29, 0.717) is 38.4 Å². The summed E-state index contributed by atoms with van der Waals surface area (Å²) in [5, 5.41) is 5.59. The van der Waals surface area contributed by atoms with Gasteiger partial charge in [-0.1, -0.05) is 36.9 Å². The molecule has 202 valence electrons. The lowest BCUT2D eigenvalue weighted by atomic mass is 9.87. The highest BCUT2D eigenvalue weighted by Crippen LogP contribution is 2.36. The van der Waals surface area contributed by atoms with Crippen LogP contribution in [0.2, 0.25) is 0 Å². The number of hydrogen-bond acceptors (Lipinski definition) is 6. The topological polar surface area (TPSA) is 94.8 Å². The smallest absolute Gasteiger partial charge is 0.270 e. The lowest BCUT2D eigenvalue weighted by molar-refractivity contribution is -0.126. The van der Waals surface area contributed by atoms with Crippen molar-refractivity contribution in [3.8, 4) is 0 Å². The number of pyridine rings is 1. The van der Waals surface area contributed by atoms with Crippen LogP contribution in [0, 0.1) is 6.92 Å². The molecule has 6 rings (SSSR count). The van der Waals surface area contributed by atoms with E-state index in [0.717, 1.165) is 37.2 Å². The van der Waals surface area contributed by atoms with Crippen molar-refractivity contribution in [1.29, 1.82) is 0 Å². The summed E-state index contributed by atoms with van der Waals surface area (Å²) >= 11 is 0. The maximum Gasteiger partial charge on any atom is 0.270 e. The van der Waals surface area contributed by atoms with Crippen LogP contribution in [-0.4, -0.2) is 66.5 Å². The molecule has 0 spiro atoms. The van der Waals surface area contributed by atoms with Crippen molar-refractivity contribution in [2.75, 3.05) is 42.5 Å². The maximum absolute atomic E-state index is 13.3. The molecule has 0 bridgehead atoms. The normalized spacial score (nSPS) is 20.8. The largest absolute Gasteiger partial charge is 0.368 e. The van der Waals surface area contributed by atoms with Crippen molar-refractivity contribution < 1.29 is 9.59 Å². The molecule has 3 heterocycles. The van der Waals surface area contributed by atoms with E-state index in [2.05, 4.69) is 65.0 Å². The summed E-state index contributed by atoms with van der Waals surface area (Å²) in [6.45, 7) is 9.95.